The van der Waals surface area contributed by atoms with E-state index in [0.717, 1.165) is 0 Å². The van der Waals surface area contributed by atoms with Gasteiger partial charge >= 0.3 is 0 Å². The average molecular weight is 226 g/mol. The number of amides is 1. The molecule has 1 aromatic heterocycles. The maximum atomic E-state index is 11.3. The van der Waals surface area contributed by atoms with Crippen molar-refractivity contribution in [2.75, 3.05) is 0 Å². The van der Waals surface area contributed by atoms with Crippen molar-refractivity contribution in [2.45, 2.75) is 33.4 Å². The first-order valence-electron chi connectivity index (χ1n) is 4.95. The number of nitrogens with two attached hydrogens (primary N) is 1. The molecule has 0 saturated carbocycles. The minimum Gasteiger partial charge on any atom is -0.368 e. The average Bonchev–Trinajstić information content (AvgIpc) is 2.53. The second-order valence-corrected chi connectivity index (χ2v) is 5.49. The Balaban J connectivity index is 2.57. The van der Waals surface area contributed by atoms with Gasteiger partial charge in [-0.3, -0.25) is 4.79 Å². The van der Waals surface area contributed by atoms with E-state index in [1.165, 1.54) is 5.56 Å². The third-order valence-electron chi connectivity index (χ3n) is 2.24. The van der Waals surface area contributed by atoms with E-state index in [1.54, 1.807) is 11.3 Å². The van der Waals surface area contributed by atoms with Gasteiger partial charge in [0.05, 0.1) is 6.04 Å². The fourth-order valence-corrected chi connectivity index (χ4v) is 2.12. The molecule has 0 aliphatic rings. The van der Waals surface area contributed by atoms with Gasteiger partial charge in [-0.15, -0.1) is 0 Å². The zero-order valence-corrected chi connectivity index (χ0v) is 10.2. The molecule has 0 aromatic carbocycles. The standard InChI is InChI=1S/C11H18N2OS/c1-11(2,3)9(10(12)14)13-6-8-4-5-15-7-8/h4-5,7,9,13H,6H2,1-3H3,(H2,12,14). The van der Waals surface area contributed by atoms with Crippen molar-refractivity contribution in [3.05, 3.63) is 22.4 Å². The molecule has 0 aliphatic heterocycles. The van der Waals surface area contributed by atoms with Crippen LogP contribution in [0.25, 0.3) is 0 Å². The van der Waals surface area contributed by atoms with E-state index in [9.17, 15) is 4.79 Å². The predicted octanol–water partition coefficient (Wildman–Crippen LogP) is 1.74. The molecule has 1 aromatic rings. The molecule has 1 atom stereocenters. The summed E-state index contributed by atoms with van der Waals surface area (Å²) in [5, 5.41) is 7.28. The number of carbonyl (C=O) groups excluding carboxylic acids is 1. The van der Waals surface area contributed by atoms with E-state index < -0.39 is 0 Å². The molecular weight excluding hydrogens is 208 g/mol. The van der Waals surface area contributed by atoms with E-state index in [0.29, 0.717) is 6.54 Å². The Morgan fingerprint density at radius 1 is 1.60 bits per heavy atom. The van der Waals surface area contributed by atoms with Gasteiger partial charge in [-0.05, 0) is 27.8 Å². The van der Waals surface area contributed by atoms with Gasteiger partial charge in [0.15, 0.2) is 0 Å². The first-order chi connectivity index (χ1) is 6.91. The minimum absolute atomic E-state index is 0.151. The number of primary amides is 1. The molecule has 0 fully saturated rings. The zero-order valence-electron chi connectivity index (χ0n) is 9.41. The van der Waals surface area contributed by atoms with Crippen LogP contribution >= 0.6 is 11.3 Å². The van der Waals surface area contributed by atoms with Gasteiger partial charge in [0.1, 0.15) is 0 Å². The van der Waals surface area contributed by atoms with E-state index >= 15 is 0 Å². The molecule has 0 aliphatic carbocycles. The molecule has 0 saturated heterocycles. The van der Waals surface area contributed by atoms with Crippen LogP contribution in [0.3, 0.4) is 0 Å². The van der Waals surface area contributed by atoms with Crippen LogP contribution in [0.2, 0.25) is 0 Å². The van der Waals surface area contributed by atoms with Crippen molar-refractivity contribution < 1.29 is 4.79 Å². The summed E-state index contributed by atoms with van der Waals surface area (Å²) in [6, 6.07) is 1.75. The van der Waals surface area contributed by atoms with Crippen molar-refractivity contribution in [3.8, 4) is 0 Å². The highest BCUT2D eigenvalue weighted by Crippen LogP contribution is 2.19. The lowest BCUT2D eigenvalue weighted by Crippen LogP contribution is -2.49. The van der Waals surface area contributed by atoms with Gasteiger partial charge in [0.2, 0.25) is 5.91 Å². The minimum atomic E-state index is -0.294. The fourth-order valence-electron chi connectivity index (χ4n) is 1.45. The number of carbonyl (C=O) groups is 1. The van der Waals surface area contributed by atoms with Crippen molar-refractivity contribution in [1.82, 2.24) is 5.32 Å². The Hall–Kier alpha value is -0.870. The summed E-state index contributed by atoms with van der Waals surface area (Å²) in [4.78, 5) is 11.3. The van der Waals surface area contributed by atoms with Crippen LogP contribution in [-0.2, 0) is 11.3 Å². The van der Waals surface area contributed by atoms with Crippen molar-refractivity contribution in [1.29, 1.82) is 0 Å². The summed E-state index contributed by atoms with van der Waals surface area (Å²) < 4.78 is 0. The normalized spacial score (nSPS) is 13.8. The van der Waals surface area contributed by atoms with Crippen molar-refractivity contribution in [2.24, 2.45) is 11.1 Å². The second kappa shape index (κ2) is 4.77. The summed E-state index contributed by atoms with van der Waals surface area (Å²) in [6.45, 7) is 6.70. The smallest absolute Gasteiger partial charge is 0.235 e. The molecule has 84 valence electrons. The van der Waals surface area contributed by atoms with Gasteiger partial charge in [0.25, 0.3) is 0 Å². The molecule has 0 bridgehead atoms. The third-order valence-corrected chi connectivity index (χ3v) is 2.97. The molecule has 0 radical (unpaired) electrons. The highest BCUT2D eigenvalue weighted by molar-refractivity contribution is 7.07. The molecule has 1 rings (SSSR count). The number of rotatable bonds is 4. The Morgan fingerprint density at radius 3 is 2.67 bits per heavy atom. The van der Waals surface area contributed by atoms with Crippen LogP contribution < -0.4 is 11.1 Å². The molecule has 4 heteroatoms. The topological polar surface area (TPSA) is 55.1 Å². The Kier molecular flexibility index (Phi) is 3.88. The van der Waals surface area contributed by atoms with Gasteiger partial charge in [0, 0.05) is 6.54 Å². The van der Waals surface area contributed by atoms with Crippen LogP contribution in [0.5, 0.6) is 0 Å². The van der Waals surface area contributed by atoms with E-state index in [4.69, 9.17) is 5.73 Å². The van der Waals surface area contributed by atoms with Gasteiger partial charge in [-0.1, -0.05) is 20.8 Å². The molecule has 1 heterocycles. The fraction of sp³-hybridized carbons (Fsp3) is 0.545. The van der Waals surface area contributed by atoms with Gasteiger partial charge < -0.3 is 11.1 Å². The zero-order chi connectivity index (χ0) is 11.5. The Labute approximate surface area is 94.7 Å². The quantitative estimate of drug-likeness (QED) is 0.821. The lowest BCUT2D eigenvalue weighted by molar-refractivity contribution is -0.122. The molecular formula is C11H18N2OS. The van der Waals surface area contributed by atoms with Crippen LogP contribution in [0.15, 0.2) is 16.8 Å². The molecule has 3 nitrogen and oxygen atoms in total. The molecule has 15 heavy (non-hydrogen) atoms. The van der Waals surface area contributed by atoms with Crippen molar-refractivity contribution in [3.63, 3.8) is 0 Å². The first kappa shape index (κ1) is 12.2. The Morgan fingerprint density at radius 2 is 2.27 bits per heavy atom. The van der Waals surface area contributed by atoms with E-state index in [2.05, 4.69) is 10.7 Å². The van der Waals surface area contributed by atoms with Gasteiger partial charge in [-0.25, -0.2) is 0 Å². The first-order valence-corrected chi connectivity index (χ1v) is 5.89. The van der Waals surface area contributed by atoms with Gasteiger partial charge in [-0.2, -0.15) is 11.3 Å². The summed E-state index contributed by atoms with van der Waals surface area (Å²) in [5.41, 5.74) is 6.40. The number of hydrogen-bond acceptors (Lipinski definition) is 3. The molecule has 3 N–H and O–H groups in total. The van der Waals surface area contributed by atoms with Crippen LogP contribution in [-0.4, -0.2) is 11.9 Å². The highest BCUT2D eigenvalue weighted by Gasteiger charge is 2.28. The largest absolute Gasteiger partial charge is 0.368 e. The lowest BCUT2D eigenvalue weighted by atomic mass is 9.86. The van der Waals surface area contributed by atoms with Crippen LogP contribution in [0, 0.1) is 5.41 Å². The summed E-state index contributed by atoms with van der Waals surface area (Å²) >= 11 is 1.65. The highest BCUT2D eigenvalue weighted by atomic mass is 32.1. The number of hydrogen-bond donors (Lipinski definition) is 2. The number of thiophene rings is 1. The maximum absolute atomic E-state index is 11.3. The summed E-state index contributed by atoms with van der Waals surface area (Å²) in [7, 11) is 0. The molecule has 0 spiro atoms. The monoisotopic (exact) mass is 226 g/mol. The van der Waals surface area contributed by atoms with Crippen LogP contribution in [0.4, 0.5) is 0 Å². The summed E-state index contributed by atoms with van der Waals surface area (Å²) in [6.07, 6.45) is 0. The molecule has 1 unspecified atom stereocenters. The number of nitrogens with one attached hydrogen (secondary N) is 1. The Bertz CT molecular complexity index is 314. The third kappa shape index (κ3) is 3.64. The summed E-state index contributed by atoms with van der Waals surface area (Å²) in [5.74, 6) is -0.294. The van der Waals surface area contributed by atoms with Crippen molar-refractivity contribution >= 4 is 17.2 Å². The molecule has 1 amide bonds. The SMILES string of the molecule is CC(C)(C)C(NCc1ccsc1)C(N)=O. The second-order valence-electron chi connectivity index (χ2n) is 4.71. The maximum Gasteiger partial charge on any atom is 0.235 e. The lowest BCUT2D eigenvalue weighted by Gasteiger charge is -2.28. The predicted molar refractivity (Wildman–Crippen MR) is 63.6 cm³/mol. The van der Waals surface area contributed by atoms with E-state index in [1.807, 2.05) is 32.2 Å². The van der Waals surface area contributed by atoms with Crippen LogP contribution in [0.1, 0.15) is 26.3 Å². The van der Waals surface area contributed by atoms with E-state index in [-0.39, 0.29) is 17.4 Å².